The molecule has 3 aromatic carbocycles. The maximum Gasteiger partial charge on any atom is 0.320 e. The molecule has 166 valence electrons. The molecule has 32 heavy (non-hydrogen) atoms. The van der Waals surface area contributed by atoms with E-state index in [0.717, 1.165) is 5.56 Å². The number of carbonyl (C=O) groups is 2. The number of hydrogen-bond donors (Lipinski definition) is 3. The molecular formula is C27H30N2O3. The summed E-state index contributed by atoms with van der Waals surface area (Å²) in [5.41, 5.74) is 10.4. The van der Waals surface area contributed by atoms with Gasteiger partial charge < -0.3 is 16.2 Å². The molecule has 0 aliphatic rings. The van der Waals surface area contributed by atoms with Crippen LogP contribution in [0.4, 0.5) is 0 Å². The normalized spacial score (nSPS) is 12.9. The van der Waals surface area contributed by atoms with Crippen molar-refractivity contribution in [1.29, 1.82) is 0 Å². The second-order valence-corrected chi connectivity index (χ2v) is 8.39. The van der Waals surface area contributed by atoms with Gasteiger partial charge in [-0.15, -0.1) is 0 Å². The van der Waals surface area contributed by atoms with Gasteiger partial charge >= 0.3 is 5.97 Å². The van der Waals surface area contributed by atoms with Crippen molar-refractivity contribution in [2.45, 2.75) is 32.2 Å². The van der Waals surface area contributed by atoms with Crippen LogP contribution in [0.3, 0.4) is 0 Å². The first-order chi connectivity index (χ1) is 15.3. The third-order valence-electron chi connectivity index (χ3n) is 5.72. The van der Waals surface area contributed by atoms with Gasteiger partial charge in [0, 0.05) is 18.0 Å². The van der Waals surface area contributed by atoms with E-state index in [0.29, 0.717) is 18.0 Å². The lowest BCUT2D eigenvalue weighted by Gasteiger charge is -2.22. The Bertz CT molecular complexity index is 1030. The summed E-state index contributed by atoms with van der Waals surface area (Å²) in [5.74, 6) is -0.636. The smallest absolute Gasteiger partial charge is 0.320 e. The molecule has 2 atom stereocenters. The zero-order valence-electron chi connectivity index (χ0n) is 18.5. The zero-order chi connectivity index (χ0) is 23.1. The number of benzene rings is 3. The average Bonchev–Trinajstić information content (AvgIpc) is 2.80. The van der Waals surface area contributed by atoms with Crippen molar-refractivity contribution in [3.8, 4) is 11.1 Å². The molecule has 3 rings (SSSR count). The van der Waals surface area contributed by atoms with Crippen LogP contribution in [0, 0.1) is 5.92 Å². The van der Waals surface area contributed by atoms with E-state index in [1.54, 1.807) is 24.3 Å². The van der Waals surface area contributed by atoms with Crippen molar-refractivity contribution < 1.29 is 14.7 Å². The topological polar surface area (TPSA) is 92.4 Å². The monoisotopic (exact) mass is 430 g/mol. The number of rotatable bonds is 9. The minimum atomic E-state index is -1.04. The fourth-order valence-corrected chi connectivity index (χ4v) is 3.73. The van der Waals surface area contributed by atoms with Crippen LogP contribution in [-0.2, 0) is 11.2 Å². The summed E-state index contributed by atoms with van der Waals surface area (Å²) in [6, 6.07) is 24.8. The Hall–Kier alpha value is -3.44. The number of nitrogens with one attached hydrogen (secondary N) is 1. The van der Waals surface area contributed by atoms with Crippen molar-refractivity contribution in [1.82, 2.24) is 5.32 Å². The predicted molar refractivity (Wildman–Crippen MR) is 128 cm³/mol. The maximum atomic E-state index is 12.7. The molecule has 0 bridgehead atoms. The molecule has 0 aliphatic heterocycles. The van der Waals surface area contributed by atoms with E-state index >= 15 is 0 Å². The van der Waals surface area contributed by atoms with Gasteiger partial charge in [-0.25, -0.2) is 0 Å². The number of hydrogen-bond acceptors (Lipinski definition) is 3. The van der Waals surface area contributed by atoms with Crippen LogP contribution in [0.2, 0.25) is 0 Å². The van der Waals surface area contributed by atoms with Crippen LogP contribution in [0.25, 0.3) is 11.1 Å². The Kier molecular flexibility index (Phi) is 7.79. The summed E-state index contributed by atoms with van der Waals surface area (Å²) in [5, 5.41) is 12.0. The van der Waals surface area contributed by atoms with E-state index in [2.05, 4.69) is 55.6 Å². The number of nitrogens with two attached hydrogens (primary N) is 1. The average molecular weight is 431 g/mol. The first kappa shape index (κ1) is 23.2. The number of amides is 1. The highest BCUT2D eigenvalue weighted by Gasteiger charge is 2.18. The predicted octanol–water partition coefficient (Wildman–Crippen LogP) is 4.48. The fourth-order valence-electron chi connectivity index (χ4n) is 3.73. The molecule has 3 aromatic rings. The second kappa shape index (κ2) is 10.7. The van der Waals surface area contributed by atoms with Gasteiger partial charge in [-0.3, -0.25) is 9.59 Å². The summed E-state index contributed by atoms with van der Waals surface area (Å²) >= 11 is 0. The molecule has 5 nitrogen and oxygen atoms in total. The first-order valence-corrected chi connectivity index (χ1v) is 10.9. The fraction of sp³-hybridized carbons (Fsp3) is 0.259. The van der Waals surface area contributed by atoms with E-state index in [1.165, 1.54) is 16.7 Å². The number of carboxylic acids is 1. The molecule has 0 saturated heterocycles. The van der Waals surface area contributed by atoms with Crippen LogP contribution < -0.4 is 11.1 Å². The lowest BCUT2D eigenvalue weighted by atomic mass is 9.87. The summed E-state index contributed by atoms with van der Waals surface area (Å²) in [6.07, 6.45) is 0.228. The molecule has 0 unspecified atom stereocenters. The van der Waals surface area contributed by atoms with Gasteiger partial charge in [0.2, 0.25) is 0 Å². The number of carboxylic acid groups (broad SMARTS) is 1. The Balaban J connectivity index is 1.63. The summed E-state index contributed by atoms with van der Waals surface area (Å²) in [4.78, 5) is 23.6. The van der Waals surface area contributed by atoms with Gasteiger partial charge in [0.05, 0.1) is 0 Å². The van der Waals surface area contributed by atoms with Crippen molar-refractivity contribution in [2.24, 2.45) is 11.7 Å². The van der Waals surface area contributed by atoms with Gasteiger partial charge in [0.15, 0.2) is 0 Å². The van der Waals surface area contributed by atoms with E-state index in [1.807, 2.05) is 18.2 Å². The molecule has 0 aromatic heterocycles. The van der Waals surface area contributed by atoms with E-state index in [4.69, 9.17) is 10.8 Å². The van der Waals surface area contributed by atoms with E-state index < -0.39 is 12.0 Å². The standard InChI is InChI=1S/C27H30N2O3/c1-18(2)24(22-14-12-21(13-15-22)20-6-4-3-5-7-20)17-29-26(30)23-10-8-19(9-11-23)16-25(28)27(31)32/h3-15,18,24-25H,16-17,28H2,1-2H3,(H,29,30)(H,31,32)/t24-,25+/m0/s1. The van der Waals surface area contributed by atoms with Gasteiger partial charge in [-0.05, 0) is 46.7 Å². The lowest BCUT2D eigenvalue weighted by Crippen LogP contribution is -2.32. The summed E-state index contributed by atoms with van der Waals surface area (Å²) < 4.78 is 0. The van der Waals surface area contributed by atoms with E-state index in [9.17, 15) is 9.59 Å². The Morgan fingerprint density at radius 2 is 1.47 bits per heavy atom. The highest BCUT2D eigenvalue weighted by atomic mass is 16.4. The Labute approximate surface area is 189 Å². The number of aliphatic carboxylic acids is 1. The molecular weight excluding hydrogens is 400 g/mol. The molecule has 0 aliphatic carbocycles. The molecule has 0 fully saturated rings. The first-order valence-electron chi connectivity index (χ1n) is 10.9. The van der Waals surface area contributed by atoms with Crippen molar-refractivity contribution in [3.05, 3.63) is 95.6 Å². The largest absolute Gasteiger partial charge is 0.480 e. The number of carbonyl (C=O) groups excluding carboxylic acids is 1. The Morgan fingerprint density at radius 3 is 2.03 bits per heavy atom. The van der Waals surface area contributed by atoms with Crippen LogP contribution in [0.15, 0.2) is 78.9 Å². The molecule has 5 heteroatoms. The Morgan fingerprint density at radius 1 is 0.875 bits per heavy atom. The molecule has 0 spiro atoms. The molecule has 4 N–H and O–H groups in total. The third-order valence-corrected chi connectivity index (χ3v) is 5.72. The summed E-state index contributed by atoms with van der Waals surface area (Å²) in [6.45, 7) is 4.84. The molecule has 0 saturated carbocycles. The van der Waals surface area contributed by atoms with Crippen molar-refractivity contribution in [3.63, 3.8) is 0 Å². The van der Waals surface area contributed by atoms with E-state index in [-0.39, 0.29) is 18.2 Å². The van der Waals surface area contributed by atoms with Gasteiger partial charge in [-0.1, -0.05) is 80.6 Å². The maximum absolute atomic E-state index is 12.7. The highest BCUT2D eigenvalue weighted by molar-refractivity contribution is 5.94. The third kappa shape index (κ3) is 6.05. The van der Waals surface area contributed by atoms with Crippen molar-refractivity contribution in [2.75, 3.05) is 6.54 Å². The quantitative estimate of drug-likeness (QED) is 0.467. The SMILES string of the molecule is CC(C)[C@H](CNC(=O)c1ccc(C[C@@H](N)C(=O)O)cc1)c1ccc(-c2ccccc2)cc1. The van der Waals surface area contributed by atoms with Gasteiger partial charge in [0.25, 0.3) is 5.91 Å². The zero-order valence-corrected chi connectivity index (χ0v) is 18.5. The summed E-state index contributed by atoms with van der Waals surface area (Å²) in [7, 11) is 0. The van der Waals surface area contributed by atoms with Crippen LogP contribution in [-0.4, -0.2) is 29.6 Å². The minimum absolute atomic E-state index is 0.148. The molecule has 0 heterocycles. The highest BCUT2D eigenvalue weighted by Crippen LogP contribution is 2.27. The van der Waals surface area contributed by atoms with Gasteiger partial charge in [-0.2, -0.15) is 0 Å². The molecule has 0 radical (unpaired) electrons. The second-order valence-electron chi connectivity index (χ2n) is 8.39. The van der Waals surface area contributed by atoms with Crippen LogP contribution in [0.5, 0.6) is 0 Å². The molecule has 1 amide bonds. The van der Waals surface area contributed by atoms with Crippen molar-refractivity contribution >= 4 is 11.9 Å². The van der Waals surface area contributed by atoms with Crippen LogP contribution >= 0.6 is 0 Å². The van der Waals surface area contributed by atoms with Crippen LogP contribution in [0.1, 0.15) is 41.3 Å². The minimum Gasteiger partial charge on any atom is -0.480 e. The lowest BCUT2D eigenvalue weighted by molar-refractivity contribution is -0.138. The van der Waals surface area contributed by atoms with Gasteiger partial charge in [0.1, 0.15) is 6.04 Å².